The molecule has 12 aromatic rings. The number of hydrogen-bond acceptors (Lipinski definition) is 3. The van der Waals surface area contributed by atoms with Gasteiger partial charge in [-0.05, 0) is 107 Å². The zero-order valence-corrected chi connectivity index (χ0v) is 39.2. The quantitative estimate of drug-likeness (QED) is 0.177. The lowest BCUT2D eigenvalue weighted by molar-refractivity contribution is 0.749. The Morgan fingerprint density at radius 2 is 0.958 bits per heavy atom. The van der Waals surface area contributed by atoms with Crippen molar-refractivity contribution in [3.8, 4) is 50.2 Å². The van der Waals surface area contributed by atoms with E-state index in [0.29, 0.717) is 0 Å². The van der Waals surface area contributed by atoms with Crippen LogP contribution in [0.15, 0.2) is 265 Å². The maximum absolute atomic E-state index is 5.32. The van der Waals surface area contributed by atoms with Crippen LogP contribution in [-0.2, 0) is 5.41 Å². The molecule has 1 aromatic heterocycles. The van der Waals surface area contributed by atoms with E-state index in [9.17, 15) is 0 Å². The van der Waals surface area contributed by atoms with Gasteiger partial charge in [-0.25, -0.2) is 9.98 Å². The summed E-state index contributed by atoms with van der Waals surface area (Å²) in [5.41, 5.74) is 21.1. The largest absolute Gasteiger partial charge is 0.324 e. The van der Waals surface area contributed by atoms with E-state index >= 15 is 0 Å². The number of amidine groups is 2. The molecule has 72 heavy (non-hydrogen) atoms. The molecule has 1 aliphatic carbocycles. The van der Waals surface area contributed by atoms with E-state index in [0.717, 1.165) is 39.5 Å². The maximum atomic E-state index is 5.32. The number of para-hydroxylation sites is 3. The lowest BCUT2D eigenvalue weighted by Crippen LogP contribution is -2.36. The first-order valence-corrected chi connectivity index (χ1v) is 24.8. The number of rotatable bonds is 6. The van der Waals surface area contributed by atoms with Crippen molar-refractivity contribution in [1.82, 2.24) is 9.88 Å². The zero-order valence-electron chi connectivity index (χ0n) is 39.2. The van der Waals surface area contributed by atoms with Crippen LogP contribution in [-0.4, -0.2) is 16.2 Å². The van der Waals surface area contributed by atoms with Gasteiger partial charge in [0.2, 0.25) is 0 Å². The molecule has 11 aromatic carbocycles. The number of fused-ring (bicyclic) bond motifs is 13. The van der Waals surface area contributed by atoms with Crippen molar-refractivity contribution in [3.63, 3.8) is 0 Å². The van der Waals surface area contributed by atoms with Gasteiger partial charge in [-0.2, -0.15) is 0 Å². The monoisotopic (exact) mass is 916 g/mol. The minimum atomic E-state index is -0.544. The molecule has 3 heterocycles. The molecule has 0 saturated carbocycles. The molecule has 1 N–H and O–H groups in total. The highest BCUT2D eigenvalue weighted by atomic mass is 15.2. The van der Waals surface area contributed by atoms with Gasteiger partial charge in [0, 0.05) is 21.9 Å². The first-order valence-electron chi connectivity index (χ1n) is 24.8. The van der Waals surface area contributed by atoms with E-state index < -0.39 is 11.6 Å². The summed E-state index contributed by atoms with van der Waals surface area (Å²) in [5, 5.41) is 8.59. The molecule has 1 spiro atoms. The van der Waals surface area contributed by atoms with Gasteiger partial charge in [0.05, 0.1) is 22.1 Å². The van der Waals surface area contributed by atoms with Gasteiger partial charge in [-0.15, -0.1) is 0 Å². The van der Waals surface area contributed by atoms with E-state index in [1.165, 1.54) is 93.9 Å². The summed E-state index contributed by atoms with van der Waals surface area (Å²) in [5.74, 6) is 1.59. The second-order valence-electron chi connectivity index (χ2n) is 19.2. The summed E-state index contributed by atoms with van der Waals surface area (Å²) < 4.78 is 2.52. The van der Waals surface area contributed by atoms with Gasteiger partial charge in [0.1, 0.15) is 11.7 Å². The van der Waals surface area contributed by atoms with Gasteiger partial charge >= 0.3 is 0 Å². The van der Waals surface area contributed by atoms with Crippen molar-refractivity contribution in [1.29, 1.82) is 0 Å². The Morgan fingerprint density at radius 1 is 0.361 bits per heavy atom. The lowest BCUT2D eigenvalue weighted by Gasteiger charge is -2.39. The Kier molecular flexibility index (Phi) is 8.90. The molecule has 4 heteroatoms. The smallest absolute Gasteiger partial charge is 0.169 e. The van der Waals surface area contributed by atoms with Crippen LogP contribution in [0.1, 0.15) is 45.1 Å². The molecule has 15 rings (SSSR count). The van der Waals surface area contributed by atoms with Crippen LogP contribution in [0.5, 0.6) is 0 Å². The molecule has 2 unspecified atom stereocenters. The van der Waals surface area contributed by atoms with Gasteiger partial charge in [0.25, 0.3) is 0 Å². The molecular weight excluding hydrogens is 873 g/mol. The number of aromatic nitrogens is 1. The molecule has 0 radical (unpaired) electrons. The Bertz CT molecular complexity index is 4240. The highest BCUT2D eigenvalue weighted by molar-refractivity contribution is 6.16. The lowest BCUT2D eigenvalue weighted by atomic mass is 9.65. The van der Waals surface area contributed by atoms with Crippen LogP contribution in [0.3, 0.4) is 0 Å². The summed E-state index contributed by atoms with van der Waals surface area (Å²) in [6, 6.07) is 93.2. The molecule has 0 amide bonds. The predicted octanol–water partition coefficient (Wildman–Crippen LogP) is 16.1. The fourth-order valence-corrected chi connectivity index (χ4v) is 12.3. The van der Waals surface area contributed by atoms with Gasteiger partial charge < -0.3 is 9.88 Å². The minimum Gasteiger partial charge on any atom is -0.324 e. The fourth-order valence-electron chi connectivity index (χ4n) is 12.3. The SMILES string of the molecule is c1ccc(C2=NC(c3ccc(-c4c(-c5ccc6c(c5)C5(c7ccccc7-6)c6ccccc6-n6c7ccccc7c7cccc5c76)ccc5ccccc45)cc3)N=C(c3cccc(-c4ccccc4)c3)N2)cc1. The third kappa shape index (κ3) is 5.93. The minimum absolute atomic E-state index is 0.450. The highest BCUT2D eigenvalue weighted by Crippen LogP contribution is 2.61. The van der Waals surface area contributed by atoms with E-state index in [4.69, 9.17) is 9.98 Å². The Hall–Kier alpha value is -9.38. The van der Waals surface area contributed by atoms with Crippen LogP contribution >= 0.6 is 0 Å². The van der Waals surface area contributed by atoms with E-state index in [2.05, 4.69) is 259 Å². The molecule has 3 aliphatic rings. The standard InChI is InChI=1S/C68H44N4/c1-3-17-43(18-4-1)48-22-15-23-50(41-48)67-70-65(46-20-5-2-6-21-46)69-66(71-67)47-35-33-45(34-36-47)63-51-24-8-7-19-44(51)37-39-52(63)49-38-40-54-53-25-9-11-28-57(53)68(60(54)42-49)58-29-12-14-32-62(58)72-61-31-13-10-26-55(61)56-27-16-30-59(68)64(56)72/h1-42,66H,(H,69,70,71). The normalized spacial score (nSPS) is 16.2. The van der Waals surface area contributed by atoms with E-state index in [1.54, 1.807) is 0 Å². The molecule has 336 valence electrons. The Morgan fingerprint density at radius 3 is 1.81 bits per heavy atom. The topological polar surface area (TPSA) is 41.7 Å². The maximum Gasteiger partial charge on any atom is 0.169 e. The molecule has 4 nitrogen and oxygen atoms in total. The van der Waals surface area contributed by atoms with Crippen molar-refractivity contribution in [2.45, 2.75) is 11.6 Å². The van der Waals surface area contributed by atoms with Crippen molar-refractivity contribution in [2.24, 2.45) is 9.98 Å². The van der Waals surface area contributed by atoms with Crippen LogP contribution in [0.4, 0.5) is 0 Å². The van der Waals surface area contributed by atoms with Crippen LogP contribution in [0.25, 0.3) is 82.8 Å². The first kappa shape index (κ1) is 40.5. The van der Waals surface area contributed by atoms with E-state index in [1.807, 2.05) is 6.07 Å². The van der Waals surface area contributed by atoms with Crippen LogP contribution in [0.2, 0.25) is 0 Å². The number of nitrogens with one attached hydrogen (secondary N) is 1. The second-order valence-corrected chi connectivity index (χ2v) is 19.2. The number of benzene rings is 11. The average molecular weight is 917 g/mol. The third-order valence-electron chi connectivity index (χ3n) is 15.5. The van der Waals surface area contributed by atoms with Gasteiger partial charge in [-0.3, -0.25) is 0 Å². The molecular formula is C68H44N4. The zero-order chi connectivity index (χ0) is 47.3. The number of hydrogen-bond donors (Lipinski definition) is 1. The van der Waals surface area contributed by atoms with Crippen molar-refractivity contribution < 1.29 is 0 Å². The van der Waals surface area contributed by atoms with Crippen molar-refractivity contribution >= 4 is 44.2 Å². The van der Waals surface area contributed by atoms with Gasteiger partial charge in [0.15, 0.2) is 6.17 Å². The second kappa shape index (κ2) is 15.8. The predicted molar refractivity (Wildman–Crippen MR) is 297 cm³/mol. The van der Waals surface area contributed by atoms with Crippen molar-refractivity contribution in [3.05, 3.63) is 294 Å². The molecule has 2 atom stereocenters. The summed E-state index contributed by atoms with van der Waals surface area (Å²) in [6.45, 7) is 0. The Labute approximate surface area is 417 Å². The van der Waals surface area contributed by atoms with Crippen LogP contribution in [0, 0.1) is 0 Å². The highest BCUT2D eigenvalue weighted by Gasteiger charge is 2.51. The van der Waals surface area contributed by atoms with Crippen molar-refractivity contribution in [2.75, 3.05) is 0 Å². The van der Waals surface area contributed by atoms with Gasteiger partial charge in [-0.1, -0.05) is 231 Å². The summed E-state index contributed by atoms with van der Waals surface area (Å²) in [4.78, 5) is 10.6. The summed E-state index contributed by atoms with van der Waals surface area (Å²) in [7, 11) is 0. The third-order valence-corrected chi connectivity index (χ3v) is 15.5. The fraction of sp³-hybridized carbons (Fsp3) is 0.0294. The first-order chi connectivity index (χ1) is 35.7. The summed E-state index contributed by atoms with van der Waals surface area (Å²) in [6.07, 6.45) is -0.450. The molecule has 2 aliphatic heterocycles. The van der Waals surface area contributed by atoms with Crippen LogP contribution < -0.4 is 5.32 Å². The average Bonchev–Trinajstić information content (AvgIpc) is 3.96. The Balaban J connectivity index is 0.892. The van der Waals surface area contributed by atoms with E-state index in [-0.39, 0.29) is 0 Å². The number of nitrogens with zero attached hydrogens (tertiary/aromatic N) is 3. The molecule has 0 bridgehead atoms. The number of aliphatic imine (C=N–C) groups is 2. The molecule has 0 saturated heterocycles. The summed E-state index contributed by atoms with van der Waals surface area (Å²) >= 11 is 0. The molecule has 0 fully saturated rings.